The van der Waals surface area contributed by atoms with Gasteiger partial charge in [-0.1, -0.05) is 6.92 Å². The van der Waals surface area contributed by atoms with Crippen LogP contribution in [0.4, 0.5) is 18.9 Å². The maximum Gasteiger partial charge on any atom is 0.274 e. The van der Waals surface area contributed by atoms with Crippen LogP contribution in [0.15, 0.2) is 42.7 Å². The van der Waals surface area contributed by atoms with E-state index in [2.05, 4.69) is 15.3 Å². The first-order chi connectivity index (χ1) is 19.7. The van der Waals surface area contributed by atoms with Crippen LogP contribution in [-0.2, 0) is 4.74 Å². The molecule has 3 heterocycles. The van der Waals surface area contributed by atoms with Crippen molar-refractivity contribution in [2.24, 2.45) is 17.6 Å². The van der Waals surface area contributed by atoms with Gasteiger partial charge in [0.15, 0.2) is 0 Å². The van der Waals surface area contributed by atoms with Crippen molar-refractivity contribution in [3.05, 3.63) is 71.4 Å². The molecule has 5 rings (SSSR count). The number of aromatic nitrogens is 2. The molecule has 0 bridgehead atoms. The summed E-state index contributed by atoms with van der Waals surface area (Å²) in [6, 6.07) is 5.42. The first kappa shape index (κ1) is 29.0. The number of halogens is 3. The zero-order valence-corrected chi connectivity index (χ0v) is 22.7. The highest BCUT2D eigenvalue weighted by atomic mass is 19.1. The molecule has 218 valence electrons. The van der Waals surface area contributed by atoms with Crippen LogP contribution in [-0.4, -0.2) is 52.9 Å². The van der Waals surface area contributed by atoms with Crippen LogP contribution >= 0.6 is 0 Å². The number of aliphatic hydroxyl groups excluding tert-OH is 1. The number of amides is 1. The summed E-state index contributed by atoms with van der Waals surface area (Å²) in [5.41, 5.74) is 5.78. The third-order valence-electron chi connectivity index (χ3n) is 7.94. The molecule has 1 amide bonds. The summed E-state index contributed by atoms with van der Waals surface area (Å²) in [7, 11) is 0. The van der Waals surface area contributed by atoms with Crippen LogP contribution < -0.4 is 15.8 Å². The molecule has 1 saturated heterocycles. The summed E-state index contributed by atoms with van der Waals surface area (Å²) in [6.07, 6.45) is 5.24. The van der Waals surface area contributed by atoms with Crippen molar-refractivity contribution in [1.82, 2.24) is 9.97 Å². The van der Waals surface area contributed by atoms with Crippen molar-refractivity contribution < 1.29 is 32.5 Å². The zero-order valence-electron chi connectivity index (χ0n) is 22.7. The van der Waals surface area contributed by atoms with Gasteiger partial charge in [0.1, 0.15) is 34.6 Å². The Morgan fingerprint density at radius 2 is 1.85 bits per heavy atom. The Balaban J connectivity index is 1.35. The highest BCUT2D eigenvalue weighted by molar-refractivity contribution is 6.03. The Kier molecular flexibility index (Phi) is 8.86. The van der Waals surface area contributed by atoms with Crippen LogP contribution in [0.5, 0.6) is 5.75 Å². The number of nitrogens with zero attached hydrogens (tertiary/aromatic N) is 2. The molecule has 1 aliphatic heterocycles. The van der Waals surface area contributed by atoms with Crippen LogP contribution in [0.25, 0.3) is 11.3 Å². The third-order valence-corrected chi connectivity index (χ3v) is 7.94. The summed E-state index contributed by atoms with van der Waals surface area (Å²) in [5, 5.41) is 13.0. The molecule has 1 saturated carbocycles. The number of hydrogen-bond donors (Lipinski definition) is 3. The first-order valence-electron chi connectivity index (χ1n) is 13.8. The highest BCUT2D eigenvalue weighted by Crippen LogP contribution is 2.39. The first-order valence-corrected chi connectivity index (χ1v) is 13.8. The molecule has 4 atom stereocenters. The summed E-state index contributed by atoms with van der Waals surface area (Å²) in [6.45, 7) is 3.44. The van der Waals surface area contributed by atoms with Crippen molar-refractivity contribution in [3.8, 4) is 17.0 Å². The minimum atomic E-state index is -1.06. The number of nitrogens with one attached hydrogen (secondary N) is 1. The van der Waals surface area contributed by atoms with Crippen LogP contribution in [0.2, 0.25) is 0 Å². The Morgan fingerprint density at radius 3 is 2.56 bits per heavy atom. The molecule has 2 fully saturated rings. The maximum absolute atomic E-state index is 15.1. The Morgan fingerprint density at radius 1 is 1.12 bits per heavy atom. The van der Waals surface area contributed by atoms with Gasteiger partial charge in [0, 0.05) is 37.6 Å². The normalized spacial score (nSPS) is 23.3. The second kappa shape index (κ2) is 12.5. The molecule has 2 aromatic heterocycles. The van der Waals surface area contributed by atoms with Crippen LogP contribution in [0, 0.1) is 29.3 Å². The SMILES string of the molecule is CC1CC(c2ccncc2NC(=O)c2ccc(F)c(-c3c(F)cc(OCC4CCOCC4)cc3F)n2)CC(N)C1O. The van der Waals surface area contributed by atoms with E-state index in [4.69, 9.17) is 15.2 Å². The Labute approximate surface area is 236 Å². The highest BCUT2D eigenvalue weighted by Gasteiger charge is 2.34. The lowest BCUT2D eigenvalue weighted by atomic mass is 9.74. The molecule has 0 spiro atoms. The number of aliphatic hydroxyl groups is 1. The summed E-state index contributed by atoms with van der Waals surface area (Å²) in [4.78, 5) is 21.3. The van der Waals surface area contributed by atoms with E-state index in [1.165, 1.54) is 6.20 Å². The van der Waals surface area contributed by atoms with E-state index in [9.17, 15) is 14.3 Å². The molecule has 1 aromatic carbocycles. The van der Waals surface area contributed by atoms with E-state index in [1.807, 2.05) is 6.92 Å². The molecule has 4 unspecified atom stereocenters. The Hall–Kier alpha value is -3.54. The lowest BCUT2D eigenvalue weighted by Crippen LogP contribution is -2.44. The van der Waals surface area contributed by atoms with Gasteiger partial charge in [-0.3, -0.25) is 9.78 Å². The number of anilines is 1. The van der Waals surface area contributed by atoms with Crippen molar-refractivity contribution >= 4 is 11.6 Å². The molecule has 4 N–H and O–H groups in total. The number of hydrogen-bond acceptors (Lipinski definition) is 7. The van der Waals surface area contributed by atoms with Gasteiger partial charge < -0.3 is 25.6 Å². The van der Waals surface area contributed by atoms with E-state index < -0.39 is 46.8 Å². The van der Waals surface area contributed by atoms with E-state index in [1.54, 1.807) is 12.3 Å². The zero-order chi connectivity index (χ0) is 29.1. The monoisotopic (exact) mass is 570 g/mol. The molecule has 41 heavy (non-hydrogen) atoms. The van der Waals surface area contributed by atoms with Gasteiger partial charge in [-0.2, -0.15) is 0 Å². The van der Waals surface area contributed by atoms with Crippen LogP contribution in [0.3, 0.4) is 0 Å². The number of carbonyl (C=O) groups excluding carboxylic acids is 1. The maximum atomic E-state index is 15.1. The summed E-state index contributed by atoms with van der Waals surface area (Å²) >= 11 is 0. The smallest absolute Gasteiger partial charge is 0.274 e. The topological polar surface area (TPSA) is 120 Å². The van der Waals surface area contributed by atoms with Gasteiger partial charge in [0.2, 0.25) is 0 Å². The molecule has 0 radical (unpaired) electrons. The fourth-order valence-electron chi connectivity index (χ4n) is 5.61. The number of rotatable bonds is 7. The standard InChI is InChI=1S/C30H33F3N4O4/c1-16-10-18(11-24(34)29(16)38)20-4-7-35-14-26(20)37-30(39)25-3-2-21(31)28(36-25)27-22(32)12-19(13-23(27)33)41-15-17-5-8-40-9-6-17/h2-4,7,12-14,16-18,24,29,38H,5-6,8-11,15,34H2,1H3,(H,37,39). The number of benzene rings is 1. The van der Waals surface area contributed by atoms with E-state index in [0.717, 1.165) is 42.7 Å². The third kappa shape index (κ3) is 6.52. The number of ether oxygens (including phenoxy) is 2. The predicted octanol–water partition coefficient (Wildman–Crippen LogP) is 4.82. The van der Waals surface area contributed by atoms with Gasteiger partial charge in [-0.05, 0) is 67.2 Å². The van der Waals surface area contributed by atoms with Crippen molar-refractivity contribution in [3.63, 3.8) is 0 Å². The lowest BCUT2D eigenvalue weighted by molar-refractivity contribution is 0.0496. The average molecular weight is 571 g/mol. The lowest BCUT2D eigenvalue weighted by Gasteiger charge is -2.36. The number of pyridine rings is 2. The predicted molar refractivity (Wildman–Crippen MR) is 146 cm³/mol. The summed E-state index contributed by atoms with van der Waals surface area (Å²) in [5.74, 6) is -3.68. The van der Waals surface area contributed by atoms with Gasteiger partial charge >= 0.3 is 0 Å². The average Bonchev–Trinajstić information content (AvgIpc) is 2.96. The summed E-state index contributed by atoms with van der Waals surface area (Å²) < 4.78 is 55.9. The molecular weight excluding hydrogens is 537 g/mol. The molecule has 2 aliphatic rings. The van der Waals surface area contributed by atoms with Crippen molar-refractivity contribution in [2.75, 3.05) is 25.1 Å². The van der Waals surface area contributed by atoms with Crippen LogP contribution in [0.1, 0.15) is 54.6 Å². The largest absolute Gasteiger partial charge is 0.493 e. The molecule has 8 nitrogen and oxygen atoms in total. The van der Waals surface area contributed by atoms with E-state index >= 15 is 8.78 Å². The van der Waals surface area contributed by atoms with E-state index in [0.29, 0.717) is 31.7 Å². The van der Waals surface area contributed by atoms with Crippen molar-refractivity contribution in [2.45, 2.75) is 50.7 Å². The fraction of sp³-hybridized carbons (Fsp3) is 0.433. The number of nitrogens with two attached hydrogens (primary N) is 1. The minimum absolute atomic E-state index is 0.0158. The molecule has 11 heteroatoms. The molecule has 3 aromatic rings. The Bertz CT molecular complexity index is 1370. The molecule has 1 aliphatic carbocycles. The second-order valence-corrected chi connectivity index (χ2v) is 10.9. The van der Waals surface area contributed by atoms with Crippen molar-refractivity contribution in [1.29, 1.82) is 0 Å². The van der Waals surface area contributed by atoms with Gasteiger partial charge in [0.05, 0.1) is 30.2 Å². The van der Waals surface area contributed by atoms with E-state index in [-0.39, 0.29) is 35.8 Å². The minimum Gasteiger partial charge on any atom is -0.493 e. The fourth-order valence-corrected chi connectivity index (χ4v) is 5.61. The van der Waals surface area contributed by atoms with Gasteiger partial charge in [-0.15, -0.1) is 0 Å². The number of carbonyl (C=O) groups is 1. The van der Waals surface area contributed by atoms with Gasteiger partial charge in [0.25, 0.3) is 5.91 Å². The molecular formula is C30H33F3N4O4. The quantitative estimate of drug-likeness (QED) is 0.373. The second-order valence-electron chi connectivity index (χ2n) is 10.9. The van der Waals surface area contributed by atoms with Gasteiger partial charge in [-0.25, -0.2) is 18.2 Å².